The van der Waals surface area contributed by atoms with Crippen LogP contribution in [-0.2, 0) is 27.9 Å². The van der Waals surface area contributed by atoms with Crippen molar-refractivity contribution in [2.75, 3.05) is 6.61 Å². The van der Waals surface area contributed by atoms with Gasteiger partial charge in [-0.25, -0.2) is 0 Å². The van der Waals surface area contributed by atoms with Crippen molar-refractivity contribution in [2.24, 2.45) is 0 Å². The summed E-state index contributed by atoms with van der Waals surface area (Å²) < 4.78 is 42.5. The molecule has 6 nitrogen and oxygen atoms in total. The molecule has 0 aromatic heterocycles. The molecule has 0 bridgehead atoms. The van der Waals surface area contributed by atoms with Gasteiger partial charge in [-0.05, 0) is 15.4 Å². The number of carbonyl (C=O) groups excluding carboxylic acids is 1. The molecule has 2 aromatic rings. The van der Waals surface area contributed by atoms with Crippen molar-refractivity contribution < 1.29 is 27.9 Å². The van der Waals surface area contributed by atoms with E-state index in [4.69, 9.17) is 23.1 Å². The Morgan fingerprint density at radius 2 is 1.32 bits per heavy atom. The molecule has 2 saturated heterocycles. The quantitative estimate of drug-likeness (QED) is 0.0532. The summed E-state index contributed by atoms with van der Waals surface area (Å²) in [4.78, 5) is 12.0. The Bertz CT molecular complexity index is 1530. The summed E-state index contributed by atoms with van der Waals surface area (Å²) >= 11 is -2.40. The van der Waals surface area contributed by atoms with E-state index in [1.807, 2.05) is 6.26 Å². The third-order valence-corrected chi connectivity index (χ3v) is 41.3. The summed E-state index contributed by atoms with van der Waals surface area (Å²) in [6.07, 6.45) is 14.6. The Labute approximate surface area is 386 Å². The van der Waals surface area contributed by atoms with Crippen molar-refractivity contribution in [3.63, 3.8) is 0 Å². The molecule has 350 valence electrons. The van der Waals surface area contributed by atoms with Crippen LogP contribution in [0.5, 0.6) is 0 Å². The number of fused-ring (bicyclic) bond motifs is 1. The summed E-state index contributed by atoms with van der Waals surface area (Å²) in [5, 5.41) is 2.39. The summed E-state index contributed by atoms with van der Waals surface area (Å²) in [7, 11) is -5.16. The van der Waals surface area contributed by atoms with Crippen LogP contribution in [0.3, 0.4) is 0 Å². The standard InChI is InChI=1S/C41H63O6Si2.3C4H9.Sn/c1-12-26-43-38-28-36-39(46-41(38,11)24-19-25-42)37(47-48(30(2)3,31(4)5)32(6)7)27-33(45-36)29-44-49(40(8,9)10,34-20-15-13-16-21-34)35-22-17-14-18-23-35;3*1-3-4-2;/h12-18,20-23,25-26,30-33,36-39H,1,19,24,27-29H2,2-11H3;3*1,3-4H2,2H3;/b26-12-;;;;/t33-,36+,37-,38-,39+,41+;;;;/m0..../s1. The minimum atomic E-state index is -2.82. The zero-order chi connectivity index (χ0) is 45.6. The van der Waals surface area contributed by atoms with Gasteiger partial charge in [-0.3, -0.25) is 0 Å². The molecule has 0 saturated carbocycles. The Balaban J connectivity index is 1.74. The van der Waals surface area contributed by atoms with Crippen LogP contribution in [0.2, 0.25) is 39.4 Å². The van der Waals surface area contributed by atoms with E-state index in [1.54, 1.807) is 0 Å². The van der Waals surface area contributed by atoms with Crippen molar-refractivity contribution in [1.29, 1.82) is 0 Å². The third-order valence-electron chi connectivity index (χ3n) is 14.9. The number of aldehydes is 1. The maximum atomic E-state index is 12.0. The van der Waals surface area contributed by atoms with Crippen molar-refractivity contribution in [3.05, 3.63) is 73.0 Å². The Morgan fingerprint density at radius 3 is 1.77 bits per heavy atom. The predicted octanol–water partition coefficient (Wildman–Crippen LogP) is 13.6. The number of hydrogen-bond donors (Lipinski definition) is 0. The molecule has 62 heavy (non-hydrogen) atoms. The van der Waals surface area contributed by atoms with E-state index in [2.05, 4.69) is 157 Å². The second-order valence-corrected chi connectivity index (χ2v) is 45.0. The van der Waals surface area contributed by atoms with Gasteiger partial charge in [-0.15, -0.1) is 0 Å². The van der Waals surface area contributed by atoms with Crippen molar-refractivity contribution in [3.8, 4) is 0 Å². The topological polar surface area (TPSA) is 63.2 Å². The molecule has 0 amide bonds. The number of allylic oxidation sites excluding steroid dienone is 1. The van der Waals surface area contributed by atoms with Gasteiger partial charge in [0.25, 0.3) is 0 Å². The van der Waals surface area contributed by atoms with E-state index in [9.17, 15) is 4.79 Å². The summed E-state index contributed by atoms with van der Waals surface area (Å²) in [6.45, 7) is 30.9. The first-order valence-electron chi connectivity index (χ1n) is 25.0. The van der Waals surface area contributed by atoms with E-state index in [0.717, 1.165) is 6.29 Å². The number of carbonyl (C=O) groups is 1. The molecular formula is C53H90O6Si2Sn. The van der Waals surface area contributed by atoms with Crippen LogP contribution in [0.15, 0.2) is 73.0 Å². The van der Waals surface area contributed by atoms with E-state index >= 15 is 0 Å². The van der Waals surface area contributed by atoms with Crippen molar-refractivity contribution in [1.82, 2.24) is 0 Å². The van der Waals surface area contributed by atoms with Gasteiger partial charge < -0.3 is 0 Å². The summed E-state index contributed by atoms with van der Waals surface area (Å²) in [5.41, 5.74) is 0.601. The van der Waals surface area contributed by atoms with Crippen LogP contribution >= 0.6 is 0 Å². The average molecular weight is 998 g/mol. The van der Waals surface area contributed by atoms with Gasteiger partial charge in [0.15, 0.2) is 0 Å². The van der Waals surface area contributed by atoms with Crippen LogP contribution < -0.4 is 10.4 Å². The molecule has 0 spiro atoms. The van der Waals surface area contributed by atoms with Gasteiger partial charge >= 0.3 is 250 Å². The van der Waals surface area contributed by atoms with Crippen LogP contribution in [0, 0.1) is 0 Å². The van der Waals surface area contributed by atoms with Crippen LogP contribution in [0.1, 0.15) is 154 Å². The Kier molecular flexibility index (Phi) is 21.1. The molecule has 0 aliphatic carbocycles. The first-order valence-corrected chi connectivity index (χ1v) is 37.1. The minimum absolute atomic E-state index is 0.150. The fraction of sp³-hybridized carbons (Fsp3) is 0.717. The van der Waals surface area contributed by atoms with Crippen molar-refractivity contribution in [2.45, 2.75) is 230 Å². The molecule has 0 N–H and O–H groups in total. The molecule has 2 fully saturated rings. The van der Waals surface area contributed by atoms with Gasteiger partial charge in [0.05, 0.1) is 0 Å². The SMILES string of the molecule is CCC[CH2][Sn]([CH2]/C=C\O[C@H]1C[C@H]2O[C@H](CO[Si](c3ccccc3)(c3ccccc3)C(C)(C)C)C[C@H](O[Si](C(C)C)(C(C)C)C(C)C)[C@@H]2O[C@]1(C)CCC=O)([CH2]CCC)[CH2]CCC. The number of rotatable bonds is 26. The molecule has 9 heteroatoms. The average Bonchev–Trinajstić information content (AvgIpc) is 3.24. The molecule has 2 aliphatic rings. The first kappa shape index (κ1) is 53.3. The summed E-state index contributed by atoms with van der Waals surface area (Å²) in [5.74, 6) is 0. The van der Waals surface area contributed by atoms with E-state index in [1.165, 1.54) is 66.6 Å². The van der Waals surface area contributed by atoms with Crippen LogP contribution in [0.4, 0.5) is 0 Å². The number of unbranched alkanes of at least 4 members (excludes halogenated alkanes) is 3. The zero-order valence-corrected chi connectivity index (χ0v) is 46.5. The van der Waals surface area contributed by atoms with Gasteiger partial charge in [-0.1, -0.05) is 123 Å². The van der Waals surface area contributed by atoms with Gasteiger partial charge in [-0.2, -0.15) is 0 Å². The molecule has 2 heterocycles. The monoisotopic (exact) mass is 999 g/mol. The Hall–Kier alpha value is -1.28. The molecule has 2 aliphatic heterocycles. The predicted molar refractivity (Wildman–Crippen MR) is 270 cm³/mol. The maximum absolute atomic E-state index is 12.0. The van der Waals surface area contributed by atoms with Crippen LogP contribution in [0.25, 0.3) is 0 Å². The molecule has 0 unspecified atom stereocenters. The molecule has 6 atom stereocenters. The normalized spacial score (nSPS) is 24.0. The van der Waals surface area contributed by atoms with E-state index in [-0.39, 0.29) is 35.6 Å². The molecular weight excluding hydrogens is 907 g/mol. The zero-order valence-electron chi connectivity index (χ0n) is 41.7. The van der Waals surface area contributed by atoms with Crippen molar-refractivity contribution >= 4 is 51.7 Å². The fourth-order valence-corrected chi connectivity index (χ4v) is 36.8. The first-order chi connectivity index (χ1) is 29.5. The third kappa shape index (κ3) is 12.8. The van der Waals surface area contributed by atoms with E-state index in [0.29, 0.717) is 48.9 Å². The van der Waals surface area contributed by atoms with Gasteiger partial charge in [0.1, 0.15) is 0 Å². The Morgan fingerprint density at radius 1 is 0.806 bits per heavy atom. The second kappa shape index (κ2) is 24.5. The molecule has 0 radical (unpaired) electrons. The number of benzene rings is 2. The van der Waals surface area contributed by atoms with Gasteiger partial charge in [0, 0.05) is 0 Å². The van der Waals surface area contributed by atoms with E-state index < -0.39 is 40.6 Å². The van der Waals surface area contributed by atoms with Gasteiger partial charge in [0.2, 0.25) is 0 Å². The fourth-order valence-electron chi connectivity index (χ4n) is 11.6. The summed E-state index contributed by atoms with van der Waals surface area (Å²) in [6, 6.07) is 21.8. The molecule has 4 rings (SSSR count). The second-order valence-electron chi connectivity index (χ2n) is 21.3. The van der Waals surface area contributed by atoms with Crippen LogP contribution in [-0.4, -0.2) is 84.0 Å². The number of ether oxygens (including phenoxy) is 3. The number of hydrogen-bond acceptors (Lipinski definition) is 6. The molecule has 2 aromatic carbocycles.